The van der Waals surface area contributed by atoms with E-state index in [1.165, 1.54) is 45.2 Å². The highest BCUT2D eigenvalue weighted by Crippen LogP contribution is 2.30. The second-order valence-corrected chi connectivity index (χ2v) is 8.13. The van der Waals surface area contributed by atoms with E-state index in [1.54, 1.807) is 0 Å². The second kappa shape index (κ2) is 6.63. The van der Waals surface area contributed by atoms with Crippen LogP contribution in [0.25, 0.3) is 0 Å². The number of hydrogen-bond donors (Lipinski definition) is 2. The minimum absolute atomic E-state index is 0.0164. The fourth-order valence-electron chi connectivity index (χ4n) is 3.95. The van der Waals surface area contributed by atoms with E-state index in [2.05, 4.69) is 41.2 Å². The molecule has 3 heterocycles. The number of amides is 1. The number of hydrogen-bond acceptors (Lipinski definition) is 3. The summed E-state index contributed by atoms with van der Waals surface area (Å²) in [6.07, 6.45) is 6.44. The van der Waals surface area contributed by atoms with E-state index in [1.807, 2.05) is 6.07 Å². The van der Waals surface area contributed by atoms with Gasteiger partial charge in [-0.05, 0) is 50.8 Å². The van der Waals surface area contributed by atoms with Crippen molar-refractivity contribution in [1.29, 1.82) is 0 Å². The van der Waals surface area contributed by atoms with Crippen LogP contribution in [0.1, 0.15) is 69.1 Å². The average Bonchev–Trinajstić information content (AvgIpc) is 3.03. The number of piperidine rings is 2. The van der Waals surface area contributed by atoms with Gasteiger partial charge in [0, 0.05) is 23.7 Å². The molecule has 0 spiro atoms. The number of carbonyl (C=O) groups is 1. The predicted octanol–water partition coefficient (Wildman–Crippen LogP) is 2.70. The Kier molecular flexibility index (Phi) is 4.76. The molecular formula is C18H30N4O. The fraction of sp³-hybridized carbons (Fsp3) is 0.778. The Bertz CT molecular complexity index is 543. The number of rotatable bonds is 3. The maximum Gasteiger partial charge on any atom is 0.271 e. The number of fused-ring (bicyclic) bond motifs is 1. The van der Waals surface area contributed by atoms with Gasteiger partial charge in [0.15, 0.2) is 0 Å². The third-order valence-electron chi connectivity index (χ3n) is 5.37. The summed E-state index contributed by atoms with van der Waals surface area (Å²) < 4.78 is 0. The van der Waals surface area contributed by atoms with Crippen LogP contribution in [0.5, 0.6) is 0 Å². The maximum atomic E-state index is 12.4. The predicted molar refractivity (Wildman–Crippen MR) is 91.6 cm³/mol. The van der Waals surface area contributed by atoms with Crippen molar-refractivity contribution in [1.82, 2.24) is 20.4 Å². The molecule has 2 saturated heterocycles. The summed E-state index contributed by atoms with van der Waals surface area (Å²) in [6, 6.07) is 2.55. The Labute approximate surface area is 139 Å². The van der Waals surface area contributed by atoms with Gasteiger partial charge in [-0.2, -0.15) is 5.10 Å². The molecule has 3 rings (SSSR count). The van der Waals surface area contributed by atoms with E-state index in [4.69, 9.17) is 0 Å². The first-order valence-corrected chi connectivity index (χ1v) is 9.03. The highest BCUT2D eigenvalue weighted by molar-refractivity contribution is 5.92. The summed E-state index contributed by atoms with van der Waals surface area (Å²) >= 11 is 0. The van der Waals surface area contributed by atoms with Crippen molar-refractivity contribution in [2.24, 2.45) is 5.92 Å². The first-order chi connectivity index (χ1) is 10.9. The first kappa shape index (κ1) is 16.5. The summed E-state index contributed by atoms with van der Waals surface area (Å²) in [4.78, 5) is 15.0. The maximum absolute atomic E-state index is 12.4. The molecule has 5 heteroatoms. The molecule has 2 unspecified atom stereocenters. The van der Waals surface area contributed by atoms with Crippen LogP contribution < -0.4 is 5.32 Å². The van der Waals surface area contributed by atoms with Crippen molar-refractivity contribution in [3.8, 4) is 0 Å². The topological polar surface area (TPSA) is 61.0 Å². The Hall–Kier alpha value is -1.36. The molecule has 5 nitrogen and oxygen atoms in total. The summed E-state index contributed by atoms with van der Waals surface area (Å²) in [7, 11) is 0. The molecule has 2 N–H and O–H groups in total. The van der Waals surface area contributed by atoms with E-state index < -0.39 is 0 Å². The van der Waals surface area contributed by atoms with Crippen molar-refractivity contribution >= 4 is 5.91 Å². The zero-order chi connectivity index (χ0) is 16.4. The first-order valence-electron chi connectivity index (χ1n) is 9.03. The van der Waals surface area contributed by atoms with E-state index in [-0.39, 0.29) is 11.3 Å². The van der Waals surface area contributed by atoms with Gasteiger partial charge in [-0.15, -0.1) is 0 Å². The van der Waals surface area contributed by atoms with Crippen molar-refractivity contribution < 1.29 is 4.79 Å². The lowest BCUT2D eigenvalue weighted by Gasteiger charge is -2.44. The average molecular weight is 318 g/mol. The van der Waals surface area contributed by atoms with Gasteiger partial charge < -0.3 is 10.2 Å². The van der Waals surface area contributed by atoms with Gasteiger partial charge in [-0.25, -0.2) is 0 Å². The molecule has 2 aliphatic rings. The minimum Gasteiger partial charge on any atom is -0.350 e. The molecule has 2 aliphatic heterocycles. The molecule has 1 aromatic rings. The molecule has 2 atom stereocenters. The normalized spacial score (nSPS) is 25.9. The summed E-state index contributed by atoms with van der Waals surface area (Å²) in [6.45, 7) is 9.59. The zero-order valence-electron chi connectivity index (χ0n) is 14.7. The van der Waals surface area contributed by atoms with Gasteiger partial charge in [0.1, 0.15) is 5.69 Å². The minimum atomic E-state index is -0.0512. The Balaban J connectivity index is 1.57. The van der Waals surface area contributed by atoms with E-state index in [0.29, 0.717) is 17.7 Å². The van der Waals surface area contributed by atoms with Gasteiger partial charge in [0.2, 0.25) is 0 Å². The number of H-pyrrole nitrogens is 1. The molecule has 128 valence electrons. The molecule has 0 aliphatic carbocycles. The second-order valence-electron chi connectivity index (χ2n) is 8.13. The summed E-state index contributed by atoms with van der Waals surface area (Å²) in [5.41, 5.74) is 1.49. The number of carbonyl (C=O) groups excluding carboxylic acids is 1. The Morgan fingerprint density at radius 3 is 2.83 bits per heavy atom. The van der Waals surface area contributed by atoms with Gasteiger partial charge in [-0.3, -0.25) is 9.89 Å². The third kappa shape index (κ3) is 3.77. The summed E-state index contributed by atoms with van der Waals surface area (Å²) in [5, 5.41) is 10.3. The number of aromatic amines is 1. The third-order valence-corrected chi connectivity index (χ3v) is 5.37. The Morgan fingerprint density at radius 1 is 1.30 bits per heavy atom. The van der Waals surface area contributed by atoms with Gasteiger partial charge in [0.25, 0.3) is 5.91 Å². The van der Waals surface area contributed by atoms with Crippen LogP contribution in [0.2, 0.25) is 0 Å². The van der Waals surface area contributed by atoms with Crippen LogP contribution in [0.4, 0.5) is 0 Å². The molecule has 2 fully saturated rings. The molecule has 1 amide bonds. The van der Waals surface area contributed by atoms with E-state index in [0.717, 1.165) is 12.2 Å². The molecular weight excluding hydrogens is 288 g/mol. The molecule has 0 bridgehead atoms. The summed E-state index contributed by atoms with van der Waals surface area (Å²) in [5.74, 6) is 0.540. The Morgan fingerprint density at radius 2 is 2.09 bits per heavy atom. The lowest BCUT2D eigenvalue weighted by Crippen LogP contribution is -2.51. The highest BCUT2D eigenvalue weighted by atomic mass is 16.1. The van der Waals surface area contributed by atoms with Gasteiger partial charge in [-0.1, -0.05) is 27.2 Å². The van der Waals surface area contributed by atoms with Gasteiger partial charge in [0.05, 0.1) is 0 Å². The van der Waals surface area contributed by atoms with Crippen LogP contribution in [0.15, 0.2) is 6.07 Å². The van der Waals surface area contributed by atoms with Crippen LogP contribution >= 0.6 is 0 Å². The van der Waals surface area contributed by atoms with E-state index in [9.17, 15) is 4.79 Å². The number of nitrogens with one attached hydrogen (secondary N) is 2. The van der Waals surface area contributed by atoms with Crippen molar-refractivity contribution in [2.75, 3.05) is 19.6 Å². The quantitative estimate of drug-likeness (QED) is 0.901. The number of nitrogens with zero attached hydrogens (tertiary/aromatic N) is 2. The molecule has 23 heavy (non-hydrogen) atoms. The van der Waals surface area contributed by atoms with Gasteiger partial charge >= 0.3 is 0 Å². The molecule has 0 aromatic carbocycles. The smallest absolute Gasteiger partial charge is 0.271 e. The SMILES string of the molecule is CC(C)(C)c1cc(C(=O)NCC2CCCN3CCCCC23)n[nH]1. The van der Waals surface area contributed by atoms with Crippen molar-refractivity contribution in [3.05, 3.63) is 17.5 Å². The monoisotopic (exact) mass is 318 g/mol. The van der Waals surface area contributed by atoms with Crippen molar-refractivity contribution in [2.45, 2.75) is 64.3 Å². The van der Waals surface area contributed by atoms with Crippen LogP contribution in [0, 0.1) is 5.92 Å². The fourth-order valence-corrected chi connectivity index (χ4v) is 3.95. The van der Waals surface area contributed by atoms with Crippen molar-refractivity contribution in [3.63, 3.8) is 0 Å². The van der Waals surface area contributed by atoms with E-state index >= 15 is 0 Å². The van der Waals surface area contributed by atoms with Crippen LogP contribution in [0.3, 0.4) is 0 Å². The lowest BCUT2D eigenvalue weighted by molar-refractivity contribution is 0.0575. The molecule has 1 aromatic heterocycles. The number of aromatic nitrogens is 2. The lowest BCUT2D eigenvalue weighted by atomic mass is 9.83. The van der Waals surface area contributed by atoms with Crippen LogP contribution in [-0.4, -0.2) is 46.7 Å². The highest BCUT2D eigenvalue weighted by Gasteiger charge is 2.33. The zero-order valence-corrected chi connectivity index (χ0v) is 14.7. The standard InChI is InChI=1S/C18H30N4O/c1-18(2,3)16-11-14(20-21-16)17(23)19-12-13-7-6-10-22-9-5-4-8-15(13)22/h11,13,15H,4-10,12H2,1-3H3,(H,19,23)(H,20,21). The van der Waals surface area contributed by atoms with Crippen LogP contribution in [-0.2, 0) is 5.41 Å². The molecule has 0 saturated carbocycles. The largest absolute Gasteiger partial charge is 0.350 e. The molecule has 0 radical (unpaired) electrons.